The summed E-state index contributed by atoms with van der Waals surface area (Å²) in [6.07, 6.45) is 3.55. The fraction of sp³-hybridized carbons (Fsp3) is 1.00. The maximum Gasteiger partial charge on any atom is 0.0542 e. The van der Waals surface area contributed by atoms with Crippen molar-refractivity contribution in [3.63, 3.8) is 0 Å². The maximum absolute atomic E-state index is 8.92. The van der Waals surface area contributed by atoms with E-state index in [-0.39, 0.29) is 31.3 Å². The van der Waals surface area contributed by atoms with Crippen LogP contribution in [0.5, 0.6) is 0 Å². The van der Waals surface area contributed by atoms with Gasteiger partial charge in [-0.25, -0.2) is 0 Å². The Kier molecular flexibility index (Phi) is 9.74. The predicted octanol–water partition coefficient (Wildman–Crippen LogP) is 0.915. The first kappa shape index (κ1) is 16.8. The highest BCUT2D eigenvalue weighted by Gasteiger charge is 2.16. The Morgan fingerprint density at radius 3 is 1.53 bits per heavy atom. The van der Waals surface area contributed by atoms with Gasteiger partial charge in [0.15, 0.2) is 0 Å². The molecular formula is C13H28O4. The smallest absolute Gasteiger partial charge is 0.0542 e. The van der Waals surface area contributed by atoms with Crippen LogP contribution in [-0.4, -0.2) is 45.8 Å². The quantitative estimate of drug-likeness (QED) is 0.596. The van der Waals surface area contributed by atoms with Gasteiger partial charge in [0, 0.05) is 13.2 Å². The molecule has 0 spiro atoms. The maximum atomic E-state index is 8.92. The van der Waals surface area contributed by atoms with E-state index in [0.29, 0.717) is 12.3 Å². The molecule has 1 aliphatic carbocycles. The molecule has 104 valence electrons. The van der Waals surface area contributed by atoms with Gasteiger partial charge in [0.2, 0.25) is 0 Å². The van der Waals surface area contributed by atoms with Gasteiger partial charge in [0.1, 0.15) is 0 Å². The van der Waals surface area contributed by atoms with E-state index in [0.717, 1.165) is 25.7 Å². The number of rotatable bonds is 4. The van der Waals surface area contributed by atoms with Gasteiger partial charge in [-0.1, -0.05) is 13.8 Å². The summed E-state index contributed by atoms with van der Waals surface area (Å²) < 4.78 is 0. The monoisotopic (exact) mass is 248 g/mol. The van der Waals surface area contributed by atoms with Gasteiger partial charge in [0.05, 0.1) is 12.2 Å². The van der Waals surface area contributed by atoms with Gasteiger partial charge < -0.3 is 20.4 Å². The summed E-state index contributed by atoms with van der Waals surface area (Å²) in [4.78, 5) is 0. The lowest BCUT2D eigenvalue weighted by molar-refractivity contribution is 0.0541. The van der Waals surface area contributed by atoms with Crippen LogP contribution in [0.4, 0.5) is 0 Å². The van der Waals surface area contributed by atoms with Crippen molar-refractivity contribution in [3.8, 4) is 0 Å². The van der Waals surface area contributed by atoms with Crippen LogP contribution >= 0.6 is 0 Å². The van der Waals surface area contributed by atoms with E-state index in [1.807, 2.05) is 0 Å². The van der Waals surface area contributed by atoms with Gasteiger partial charge in [-0.3, -0.25) is 0 Å². The number of aliphatic hydroxyl groups is 4. The summed E-state index contributed by atoms with van der Waals surface area (Å²) in [5.74, 6) is 0.747. The molecule has 0 aromatic carbocycles. The Balaban J connectivity index is 0.000000302. The molecule has 0 saturated heterocycles. The minimum atomic E-state index is -0.140. The van der Waals surface area contributed by atoms with E-state index >= 15 is 0 Å². The van der Waals surface area contributed by atoms with E-state index in [2.05, 4.69) is 13.8 Å². The van der Waals surface area contributed by atoms with Crippen molar-refractivity contribution in [2.75, 3.05) is 13.2 Å². The number of aliphatic hydroxyl groups excluding tert-OH is 4. The summed E-state index contributed by atoms with van der Waals surface area (Å²) in [7, 11) is 0. The van der Waals surface area contributed by atoms with Crippen LogP contribution in [0.2, 0.25) is 0 Å². The molecule has 0 aliphatic heterocycles. The van der Waals surface area contributed by atoms with Crippen molar-refractivity contribution in [1.29, 1.82) is 0 Å². The molecule has 1 saturated carbocycles. The van der Waals surface area contributed by atoms with Crippen LogP contribution < -0.4 is 0 Å². The normalized spacial score (nSPS) is 26.3. The first-order valence-electron chi connectivity index (χ1n) is 6.59. The third kappa shape index (κ3) is 8.55. The lowest BCUT2D eigenvalue weighted by Gasteiger charge is -2.20. The third-order valence-corrected chi connectivity index (χ3v) is 3.34. The van der Waals surface area contributed by atoms with Crippen molar-refractivity contribution in [1.82, 2.24) is 0 Å². The summed E-state index contributed by atoms with van der Waals surface area (Å²) in [6, 6.07) is 0. The van der Waals surface area contributed by atoms with Crippen molar-refractivity contribution < 1.29 is 20.4 Å². The molecule has 4 N–H and O–H groups in total. The predicted molar refractivity (Wildman–Crippen MR) is 67.6 cm³/mol. The summed E-state index contributed by atoms with van der Waals surface area (Å²) in [6.45, 7) is 4.48. The first-order valence-corrected chi connectivity index (χ1v) is 6.59. The van der Waals surface area contributed by atoms with E-state index in [1.165, 1.54) is 0 Å². The molecule has 17 heavy (non-hydrogen) atoms. The third-order valence-electron chi connectivity index (χ3n) is 3.34. The zero-order valence-electron chi connectivity index (χ0n) is 11.0. The number of hydrogen-bond acceptors (Lipinski definition) is 4. The molecule has 4 heteroatoms. The highest BCUT2D eigenvalue weighted by Crippen LogP contribution is 2.17. The van der Waals surface area contributed by atoms with Crippen molar-refractivity contribution in [3.05, 3.63) is 0 Å². The van der Waals surface area contributed by atoms with Gasteiger partial charge in [0.25, 0.3) is 0 Å². The van der Waals surface area contributed by atoms with E-state index in [4.69, 9.17) is 20.4 Å². The zero-order valence-corrected chi connectivity index (χ0v) is 11.0. The molecule has 0 bridgehead atoms. The van der Waals surface area contributed by atoms with Gasteiger partial charge in [-0.15, -0.1) is 0 Å². The Morgan fingerprint density at radius 2 is 1.35 bits per heavy atom. The Bertz CT molecular complexity index is 155. The van der Waals surface area contributed by atoms with Gasteiger partial charge in [-0.05, 0) is 43.9 Å². The average molecular weight is 248 g/mol. The molecule has 1 fully saturated rings. The number of hydrogen-bond donors (Lipinski definition) is 4. The summed E-state index contributed by atoms with van der Waals surface area (Å²) >= 11 is 0. The van der Waals surface area contributed by atoms with E-state index in [9.17, 15) is 0 Å². The SMILES string of the molecule is CC(C)C(CO)CCO.OC1CCC(O)CC1. The molecule has 1 rings (SSSR count). The fourth-order valence-corrected chi connectivity index (χ4v) is 1.86. The van der Waals surface area contributed by atoms with Crippen LogP contribution in [0.1, 0.15) is 46.0 Å². The van der Waals surface area contributed by atoms with E-state index in [1.54, 1.807) is 0 Å². The van der Waals surface area contributed by atoms with Crippen molar-refractivity contribution >= 4 is 0 Å². The minimum absolute atomic E-state index is 0.140. The molecule has 0 amide bonds. The van der Waals surface area contributed by atoms with Gasteiger partial charge in [-0.2, -0.15) is 0 Å². The molecular weight excluding hydrogens is 220 g/mol. The molecule has 1 atom stereocenters. The van der Waals surface area contributed by atoms with Gasteiger partial charge >= 0.3 is 0 Å². The van der Waals surface area contributed by atoms with Crippen LogP contribution in [-0.2, 0) is 0 Å². The fourth-order valence-electron chi connectivity index (χ4n) is 1.86. The molecule has 0 heterocycles. The molecule has 0 aromatic heterocycles. The van der Waals surface area contributed by atoms with E-state index < -0.39 is 0 Å². The minimum Gasteiger partial charge on any atom is -0.396 e. The topological polar surface area (TPSA) is 80.9 Å². The van der Waals surface area contributed by atoms with Crippen LogP contribution in [0.25, 0.3) is 0 Å². The Labute approximate surface area is 104 Å². The average Bonchev–Trinajstić information content (AvgIpc) is 2.30. The van der Waals surface area contributed by atoms with Crippen LogP contribution in [0.3, 0.4) is 0 Å². The highest BCUT2D eigenvalue weighted by molar-refractivity contribution is 4.69. The summed E-state index contributed by atoms with van der Waals surface area (Å²) in [5, 5.41) is 35.1. The van der Waals surface area contributed by atoms with Crippen molar-refractivity contribution in [2.24, 2.45) is 11.8 Å². The Hall–Kier alpha value is -0.160. The lowest BCUT2D eigenvalue weighted by Crippen LogP contribution is -2.21. The summed E-state index contributed by atoms with van der Waals surface area (Å²) in [5.41, 5.74) is 0. The van der Waals surface area contributed by atoms with Crippen LogP contribution in [0.15, 0.2) is 0 Å². The largest absolute Gasteiger partial charge is 0.396 e. The molecule has 1 aliphatic rings. The molecule has 0 aromatic rings. The molecule has 1 unspecified atom stereocenters. The highest BCUT2D eigenvalue weighted by atomic mass is 16.3. The first-order chi connectivity index (χ1) is 8.01. The van der Waals surface area contributed by atoms with Crippen molar-refractivity contribution in [2.45, 2.75) is 58.2 Å². The second kappa shape index (κ2) is 9.83. The molecule has 0 radical (unpaired) electrons. The lowest BCUT2D eigenvalue weighted by atomic mass is 9.94. The zero-order chi connectivity index (χ0) is 13.3. The van der Waals surface area contributed by atoms with Crippen LogP contribution in [0, 0.1) is 11.8 Å². The second-order valence-electron chi connectivity index (χ2n) is 5.16. The second-order valence-corrected chi connectivity index (χ2v) is 5.16. The molecule has 4 nitrogen and oxygen atoms in total. The standard InChI is InChI=1S/C7H16O2.C6H12O2/c1-6(2)7(5-9)3-4-8;7-5-1-2-6(8)4-3-5/h6-9H,3-5H2,1-2H3;5-8H,1-4H2. The Morgan fingerprint density at radius 1 is 0.941 bits per heavy atom.